The van der Waals surface area contributed by atoms with Gasteiger partial charge in [-0.3, -0.25) is 0 Å². The minimum Gasteiger partial charge on any atom is -0.478 e. The summed E-state index contributed by atoms with van der Waals surface area (Å²) < 4.78 is 23.7. The molecule has 0 bridgehead atoms. The maximum Gasteiger partial charge on any atom is 0.335 e. The van der Waals surface area contributed by atoms with Crippen LogP contribution in [0.25, 0.3) is 0 Å². The number of thioether (sulfide) groups is 1. The van der Waals surface area contributed by atoms with Crippen LogP contribution in [0.1, 0.15) is 21.5 Å². The van der Waals surface area contributed by atoms with Crippen molar-refractivity contribution in [2.75, 3.05) is 6.26 Å². The van der Waals surface area contributed by atoms with Gasteiger partial charge in [-0.2, -0.15) is 0 Å². The molecule has 1 aliphatic heterocycles. The largest absolute Gasteiger partial charge is 0.478 e. The van der Waals surface area contributed by atoms with Crippen molar-refractivity contribution in [2.45, 2.75) is 22.8 Å². The van der Waals surface area contributed by atoms with Crippen LogP contribution in [0, 0.1) is 6.92 Å². The van der Waals surface area contributed by atoms with Crippen molar-refractivity contribution in [1.29, 1.82) is 0 Å². The Bertz CT molecular complexity index is 590. The molecule has 0 aromatic heterocycles. The summed E-state index contributed by atoms with van der Waals surface area (Å²) in [7, 11) is -3.29. The Balaban J connectivity index is 2.67. The van der Waals surface area contributed by atoms with Gasteiger partial charge in [-0.15, -0.1) is 11.8 Å². The van der Waals surface area contributed by atoms with Gasteiger partial charge >= 0.3 is 5.97 Å². The lowest BCUT2D eigenvalue weighted by Crippen LogP contribution is -2.11. The summed E-state index contributed by atoms with van der Waals surface area (Å²) in [6.45, 7) is 1.67. The second kappa shape index (κ2) is 4.03. The van der Waals surface area contributed by atoms with Crippen LogP contribution in [0.15, 0.2) is 17.0 Å². The molecule has 0 spiro atoms. The fourth-order valence-electron chi connectivity index (χ4n) is 2.11. The summed E-state index contributed by atoms with van der Waals surface area (Å²) in [6.07, 6.45) is 2.15. The first-order chi connectivity index (χ1) is 7.89. The molecule has 0 saturated heterocycles. The molecule has 1 atom stereocenters. The average molecular weight is 272 g/mol. The van der Waals surface area contributed by atoms with Gasteiger partial charge in [-0.05, 0) is 36.4 Å². The SMILES string of the molecule is CSC1Cc2c(ccc(C(=O)O)c2C)S1(=O)=O. The van der Waals surface area contributed by atoms with Crippen molar-refractivity contribution in [3.63, 3.8) is 0 Å². The highest BCUT2D eigenvalue weighted by Gasteiger charge is 2.38. The zero-order chi connectivity index (χ0) is 12.8. The second-order valence-corrected chi connectivity index (χ2v) is 7.37. The molecular weight excluding hydrogens is 260 g/mol. The fraction of sp³-hybridized carbons (Fsp3) is 0.364. The zero-order valence-electron chi connectivity index (χ0n) is 9.43. The number of carboxylic acid groups (broad SMARTS) is 1. The monoisotopic (exact) mass is 272 g/mol. The number of fused-ring (bicyclic) bond motifs is 1. The minimum absolute atomic E-state index is 0.181. The van der Waals surface area contributed by atoms with E-state index in [4.69, 9.17) is 5.11 Å². The Morgan fingerprint density at radius 2 is 2.12 bits per heavy atom. The highest BCUT2D eigenvalue weighted by molar-refractivity contribution is 8.13. The molecule has 0 saturated carbocycles. The molecule has 1 N–H and O–H groups in total. The number of hydrogen-bond acceptors (Lipinski definition) is 4. The number of benzene rings is 1. The van der Waals surface area contributed by atoms with Gasteiger partial charge in [0.15, 0.2) is 9.84 Å². The van der Waals surface area contributed by atoms with Crippen LogP contribution >= 0.6 is 11.8 Å². The highest BCUT2D eigenvalue weighted by Crippen LogP contribution is 2.38. The zero-order valence-corrected chi connectivity index (χ0v) is 11.1. The number of carboxylic acids is 1. The van der Waals surface area contributed by atoms with E-state index >= 15 is 0 Å². The summed E-state index contributed by atoms with van der Waals surface area (Å²) in [6, 6.07) is 2.79. The molecule has 2 rings (SSSR count). The van der Waals surface area contributed by atoms with E-state index < -0.39 is 20.4 Å². The number of sulfone groups is 1. The van der Waals surface area contributed by atoms with Crippen molar-refractivity contribution >= 4 is 27.6 Å². The summed E-state index contributed by atoms with van der Waals surface area (Å²) in [5, 5.41) is 9.00. The van der Waals surface area contributed by atoms with E-state index in [2.05, 4.69) is 0 Å². The van der Waals surface area contributed by atoms with Gasteiger partial charge < -0.3 is 5.11 Å². The van der Waals surface area contributed by atoms with Crippen LogP contribution in [0.5, 0.6) is 0 Å². The van der Waals surface area contributed by atoms with E-state index in [9.17, 15) is 13.2 Å². The number of hydrogen-bond donors (Lipinski definition) is 1. The standard InChI is InChI=1S/C11H12O4S2/c1-6-7(11(12)13)3-4-9-8(6)5-10(16-2)17(9,14)15/h3-4,10H,5H2,1-2H3,(H,12,13). The van der Waals surface area contributed by atoms with Crippen molar-refractivity contribution in [2.24, 2.45) is 0 Å². The van der Waals surface area contributed by atoms with Gasteiger partial charge in [0, 0.05) is 6.42 Å². The Morgan fingerprint density at radius 1 is 1.47 bits per heavy atom. The van der Waals surface area contributed by atoms with Crippen molar-refractivity contribution in [3.8, 4) is 0 Å². The fourth-order valence-corrected chi connectivity index (χ4v) is 5.28. The van der Waals surface area contributed by atoms with E-state index in [1.165, 1.54) is 23.9 Å². The molecule has 0 radical (unpaired) electrons. The van der Waals surface area contributed by atoms with Gasteiger partial charge in [-0.1, -0.05) is 0 Å². The van der Waals surface area contributed by atoms with Crippen LogP contribution in [0.4, 0.5) is 0 Å². The van der Waals surface area contributed by atoms with Crippen molar-refractivity contribution < 1.29 is 18.3 Å². The van der Waals surface area contributed by atoms with Crippen molar-refractivity contribution in [1.82, 2.24) is 0 Å². The van der Waals surface area contributed by atoms with Crippen LogP contribution in [-0.2, 0) is 16.3 Å². The third-order valence-electron chi connectivity index (χ3n) is 3.07. The highest BCUT2D eigenvalue weighted by atomic mass is 32.3. The van der Waals surface area contributed by atoms with E-state index in [1.54, 1.807) is 13.2 Å². The normalized spacial score (nSPS) is 21.2. The molecule has 1 aromatic rings. The predicted octanol–water partition coefficient (Wildman–Crippen LogP) is 1.71. The molecular formula is C11H12O4S2. The number of carbonyl (C=O) groups is 1. The Hall–Kier alpha value is -1.01. The molecule has 92 valence electrons. The summed E-state index contributed by atoms with van der Waals surface area (Å²) in [5.41, 5.74) is 1.40. The summed E-state index contributed by atoms with van der Waals surface area (Å²) in [5.74, 6) is -1.02. The smallest absolute Gasteiger partial charge is 0.335 e. The first-order valence-corrected chi connectivity index (χ1v) is 7.85. The van der Waals surface area contributed by atoms with E-state index in [-0.39, 0.29) is 5.56 Å². The van der Waals surface area contributed by atoms with Gasteiger partial charge in [0.2, 0.25) is 0 Å². The average Bonchev–Trinajstić information content (AvgIpc) is 2.51. The molecule has 1 aromatic carbocycles. The molecule has 0 fully saturated rings. The predicted molar refractivity (Wildman–Crippen MR) is 66.3 cm³/mol. The molecule has 4 nitrogen and oxygen atoms in total. The molecule has 6 heteroatoms. The third kappa shape index (κ3) is 1.75. The lowest BCUT2D eigenvalue weighted by atomic mass is 10.0. The van der Waals surface area contributed by atoms with Crippen molar-refractivity contribution in [3.05, 3.63) is 28.8 Å². The van der Waals surface area contributed by atoms with Crippen LogP contribution in [0.2, 0.25) is 0 Å². The van der Waals surface area contributed by atoms with Crippen LogP contribution in [-0.4, -0.2) is 30.3 Å². The summed E-state index contributed by atoms with van der Waals surface area (Å²) >= 11 is 1.28. The molecule has 0 aliphatic carbocycles. The first-order valence-electron chi connectivity index (χ1n) is 5.02. The maximum atomic E-state index is 12.1. The molecule has 0 amide bonds. The Morgan fingerprint density at radius 3 is 2.65 bits per heavy atom. The van der Waals surface area contributed by atoms with E-state index in [0.717, 1.165) is 0 Å². The molecule has 1 unspecified atom stereocenters. The number of rotatable bonds is 2. The second-order valence-electron chi connectivity index (χ2n) is 3.93. The van der Waals surface area contributed by atoms with E-state index in [0.29, 0.717) is 22.4 Å². The molecule has 17 heavy (non-hydrogen) atoms. The first kappa shape index (κ1) is 12.4. The number of aromatic carboxylic acids is 1. The van der Waals surface area contributed by atoms with Gasteiger partial charge in [0.05, 0.1) is 10.5 Å². The Labute approximate surface area is 104 Å². The quantitative estimate of drug-likeness (QED) is 0.887. The molecule has 1 aliphatic rings. The lowest BCUT2D eigenvalue weighted by molar-refractivity contribution is 0.0696. The van der Waals surface area contributed by atoms with Gasteiger partial charge in [-0.25, -0.2) is 13.2 Å². The van der Waals surface area contributed by atoms with Crippen LogP contribution in [0.3, 0.4) is 0 Å². The van der Waals surface area contributed by atoms with Gasteiger partial charge in [0.1, 0.15) is 4.58 Å². The topological polar surface area (TPSA) is 71.4 Å². The summed E-state index contributed by atoms with van der Waals surface area (Å²) in [4.78, 5) is 11.3. The Kier molecular flexibility index (Phi) is 2.95. The lowest BCUT2D eigenvalue weighted by Gasteiger charge is -2.05. The maximum absolute atomic E-state index is 12.1. The molecule has 1 heterocycles. The third-order valence-corrected chi connectivity index (χ3v) is 6.96. The van der Waals surface area contributed by atoms with E-state index in [1.807, 2.05) is 0 Å². The van der Waals surface area contributed by atoms with Gasteiger partial charge in [0.25, 0.3) is 0 Å². The van der Waals surface area contributed by atoms with Crippen LogP contribution < -0.4 is 0 Å². The minimum atomic E-state index is -3.29.